The summed E-state index contributed by atoms with van der Waals surface area (Å²) in [6.07, 6.45) is 1.13. The van der Waals surface area contributed by atoms with E-state index in [0.717, 1.165) is 5.56 Å². The van der Waals surface area contributed by atoms with Crippen LogP contribution in [0.15, 0.2) is 53.1 Å². The highest BCUT2D eigenvalue weighted by atomic mass is 16.5. The van der Waals surface area contributed by atoms with Crippen LogP contribution in [-0.4, -0.2) is 44.3 Å². The molecule has 1 saturated carbocycles. The molecule has 1 aromatic heterocycles. The molecule has 2 aromatic carbocycles. The number of benzene rings is 2. The van der Waals surface area contributed by atoms with Crippen LogP contribution in [0.2, 0.25) is 0 Å². The average molecular weight is 450 g/mol. The van der Waals surface area contributed by atoms with Gasteiger partial charge in [-0.15, -0.1) is 0 Å². The number of aromatic nitrogens is 1. The predicted molar refractivity (Wildman–Crippen MR) is 117 cm³/mol. The first-order valence-electron chi connectivity index (χ1n) is 10.2. The lowest BCUT2D eigenvalue weighted by Crippen LogP contribution is -2.29. The zero-order chi connectivity index (χ0) is 23.6. The Kier molecular flexibility index (Phi) is 5.87. The number of carbonyl (C=O) groups excluding carboxylic acids is 3. The second-order valence-corrected chi connectivity index (χ2v) is 7.59. The van der Waals surface area contributed by atoms with Crippen molar-refractivity contribution in [2.45, 2.75) is 18.3 Å². The van der Waals surface area contributed by atoms with E-state index in [-0.39, 0.29) is 22.7 Å². The van der Waals surface area contributed by atoms with E-state index >= 15 is 0 Å². The van der Waals surface area contributed by atoms with Crippen molar-refractivity contribution in [1.29, 1.82) is 0 Å². The van der Waals surface area contributed by atoms with Crippen LogP contribution in [0.3, 0.4) is 0 Å². The van der Waals surface area contributed by atoms with Crippen molar-refractivity contribution >= 4 is 23.5 Å². The molecule has 1 heterocycles. The zero-order valence-electron chi connectivity index (χ0n) is 18.3. The summed E-state index contributed by atoms with van der Waals surface area (Å²) in [7, 11) is 4.06. The van der Waals surface area contributed by atoms with Crippen molar-refractivity contribution in [3.63, 3.8) is 0 Å². The molecule has 9 nitrogen and oxygen atoms in total. The summed E-state index contributed by atoms with van der Waals surface area (Å²) in [4.78, 5) is 37.4. The topological polar surface area (TPSA) is 117 Å². The number of hydrogen-bond donors (Lipinski definition) is 1. The number of methoxy groups -OCH3 is 3. The molecule has 1 amide bonds. The number of hydrogen-bond acceptors (Lipinski definition) is 8. The largest absolute Gasteiger partial charge is 0.497 e. The predicted octanol–water partition coefficient (Wildman–Crippen LogP) is 3.59. The zero-order valence-corrected chi connectivity index (χ0v) is 18.3. The molecule has 0 spiro atoms. The van der Waals surface area contributed by atoms with E-state index in [1.54, 1.807) is 13.2 Å². The molecule has 0 bridgehead atoms. The van der Waals surface area contributed by atoms with Crippen molar-refractivity contribution in [3.8, 4) is 17.1 Å². The number of amides is 1. The lowest BCUT2D eigenvalue weighted by atomic mass is 9.99. The first-order chi connectivity index (χ1) is 15.9. The molecule has 0 unspecified atom stereocenters. The molecule has 9 heteroatoms. The quantitative estimate of drug-likeness (QED) is 0.543. The average Bonchev–Trinajstić information content (AvgIpc) is 3.52. The van der Waals surface area contributed by atoms with Gasteiger partial charge in [-0.1, -0.05) is 17.3 Å². The molecule has 0 radical (unpaired) electrons. The highest BCUT2D eigenvalue weighted by Crippen LogP contribution is 2.49. The monoisotopic (exact) mass is 450 g/mol. The van der Waals surface area contributed by atoms with Gasteiger partial charge in [-0.2, -0.15) is 0 Å². The lowest BCUT2D eigenvalue weighted by Gasteiger charge is -2.15. The van der Waals surface area contributed by atoms with E-state index in [1.165, 1.54) is 32.4 Å². The third-order valence-corrected chi connectivity index (χ3v) is 5.63. The molecule has 1 fully saturated rings. The Labute approximate surface area is 189 Å². The van der Waals surface area contributed by atoms with Gasteiger partial charge >= 0.3 is 11.9 Å². The van der Waals surface area contributed by atoms with E-state index in [4.69, 9.17) is 18.7 Å². The first kappa shape index (κ1) is 22.1. The van der Waals surface area contributed by atoms with Crippen LogP contribution in [-0.2, 0) is 19.7 Å². The number of nitrogens with one attached hydrogen (secondary N) is 1. The van der Waals surface area contributed by atoms with Crippen LogP contribution in [0.25, 0.3) is 11.3 Å². The van der Waals surface area contributed by atoms with E-state index in [2.05, 4.69) is 10.5 Å². The van der Waals surface area contributed by atoms with Gasteiger partial charge in [0.2, 0.25) is 5.91 Å². The van der Waals surface area contributed by atoms with E-state index in [0.29, 0.717) is 30.0 Å². The Morgan fingerprint density at radius 3 is 2.39 bits per heavy atom. The standard InChI is InChI=1S/C24H22N2O7/c1-30-16-6-4-5-14(11-16)19-13-20(26-33-19)24(9-10-24)23(29)25-18-12-15(21(27)31-2)7-8-17(18)22(28)32-3/h4-8,11-13H,9-10H2,1-3H3,(H,25,29). The molecule has 0 saturated heterocycles. The highest BCUT2D eigenvalue weighted by Gasteiger charge is 2.54. The SMILES string of the molecule is COC(=O)c1ccc(C(=O)OC)c(NC(=O)C2(c3cc(-c4cccc(OC)c4)on3)CC2)c1. The van der Waals surface area contributed by atoms with Crippen molar-refractivity contribution < 1.29 is 33.1 Å². The van der Waals surface area contributed by atoms with Crippen LogP contribution < -0.4 is 10.1 Å². The second kappa shape index (κ2) is 8.78. The van der Waals surface area contributed by atoms with Gasteiger partial charge in [0, 0.05) is 11.6 Å². The van der Waals surface area contributed by atoms with Crippen LogP contribution in [0.5, 0.6) is 5.75 Å². The van der Waals surface area contributed by atoms with Gasteiger partial charge in [-0.25, -0.2) is 9.59 Å². The van der Waals surface area contributed by atoms with Gasteiger partial charge in [-0.05, 0) is 43.2 Å². The van der Waals surface area contributed by atoms with E-state index < -0.39 is 17.4 Å². The van der Waals surface area contributed by atoms with Crippen LogP contribution >= 0.6 is 0 Å². The highest BCUT2D eigenvalue weighted by molar-refractivity contribution is 6.07. The summed E-state index contributed by atoms with van der Waals surface area (Å²) in [6, 6.07) is 13.3. The third-order valence-electron chi connectivity index (χ3n) is 5.63. The van der Waals surface area contributed by atoms with Gasteiger partial charge in [0.25, 0.3) is 0 Å². The third kappa shape index (κ3) is 4.17. The fraction of sp³-hybridized carbons (Fsp3) is 0.250. The number of nitrogens with zero attached hydrogens (tertiary/aromatic N) is 1. The molecule has 0 atom stereocenters. The Morgan fingerprint density at radius 2 is 1.73 bits per heavy atom. The lowest BCUT2D eigenvalue weighted by molar-refractivity contribution is -0.118. The van der Waals surface area contributed by atoms with Crippen molar-refractivity contribution in [2.24, 2.45) is 0 Å². The first-order valence-corrected chi connectivity index (χ1v) is 10.2. The summed E-state index contributed by atoms with van der Waals surface area (Å²) in [5.41, 5.74) is 0.815. The van der Waals surface area contributed by atoms with Gasteiger partial charge in [-0.3, -0.25) is 4.79 Å². The number of rotatable bonds is 7. The summed E-state index contributed by atoms with van der Waals surface area (Å²) in [6.45, 7) is 0. The molecule has 1 aliphatic carbocycles. The molecule has 170 valence electrons. The van der Waals surface area contributed by atoms with Crippen LogP contribution in [0.1, 0.15) is 39.3 Å². The van der Waals surface area contributed by atoms with E-state index in [1.807, 2.05) is 24.3 Å². The summed E-state index contributed by atoms with van der Waals surface area (Å²) >= 11 is 0. The number of anilines is 1. The fourth-order valence-electron chi connectivity index (χ4n) is 3.56. The second-order valence-electron chi connectivity index (χ2n) is 7.59. The Morgan fingerprint density at radius 1 is 0.970 bits per heavy atom. The van der Waals surface area contributed by atoms with Crippen LogP contribution in [0, 0.1) is 0 Å². The number of ether oxygens (including phenoxy) is 3. The Hall–Kier alpha value is -4.14. The fourth-order valence-corrected chi connectivity index (χ4v) is 3.56. The molecule has 33 heavy (non-hydrogen) atoms. The Bertz CT molecular complexity index is 1230. The maximum atomic E-state index is 13.3. The molecule has 1 aliphatic rings. The minimum absolute atomic E-state index is 0.117. The van der Waals surface area contributed by atoms with Crippen molar-refractivity contribution in [2.75, 3.05) is 26.6 Å². The Balaban J connectivity index is 1.62. The summed E-state index contributed by atoms with van der Waals surface area (Å²) in [5.74, 6) is -0.424. The molecular formula is C24H22N2O7. The minimum atomic E-state index is -0.894. The van der Waals surface area contributed by atoms with Gasteiger partial charge < -0.3 is 24.1 Å². The summed E-state index contributed by atoms with van der Waals surface area (Å²) in [5, 5.41) is 6.90. The van der Waals surface area contributed by atoms with Crippen molar-refractivity contribution in [1.82, 2.24) is 5.16 Å². The van der Waals surface area contributed by atoms with Crippen LogP contribution in [0.4, 0.5) is 5.69 Å². The maximum absolute atomic E-state index is 13.3. The minimum Gasteiger partial charge on any atom is -0.497 e. The van der Waals surface area contributed by atoms with E-state index in [9.17, 15) is 14.4 Å². The molecule has 3 aromatic rings. The van der Waals surface area contributed by atoms with Crippen molar-refractivity contribution in [3.05, 3.63) is 65.4 Å². The van der Waals surface area contributed by atoms with Gasteiger partial charge in [0.05, 0.1) is 49.3 Å². The summed E-state index contributed by atoms with van der Waals surface area (Å²) < 4.78 is 20.3. The molecular weight excluding hydrogens is 428 g/mol. The number of esters is 2. The normalized spacial score (nSPS) is 13.7. The smallest absolute Gasteiger partial charge is 0.339 e. The maximum Gasteiger partial charge on any atom is 0.339 e. The van der Waals surface area contributed by atoms with Gasteiger partial charge in [0.15, 0.2) is 5.76 Å². The molecule has 4 rings (SSSR count). The van der Waals surface area contributed by atoms with Gasteiger partial charge in [0.1, 0.15) is 5.75 Å². The molecule has 0 aliphatic heterocycles. The number of carbonyl (C=O) groups is 3. The molecule has 1 N–H and O–H groups in total.